The number of ether oxygens (including phenoxy) is 1. The van der Waals surface area contributed by atoms with Crippen molar-refractivity contribution in [3.8, 4) is 5.75 Å². The van der Waals surface area contributed by atoms with E-state index in [0.29, 0.717) is 5.56 Å². The molecule has 20 heavy (non-hydrogen) atoms. The normalized spacial score (nSPS) is 10.3. The maximum absolute atomic E-state index is 13.4. The lowest BCUT2D eigenvalue weighted by molar-refractivity contribution is 0.284. The van der Waals surface area contributed by atoms with E-state index in [-0.39, 0.29) is 18.2 Å². The zero-order chi connectivity index (χ0) is 14.7. The molecule has 5 heteroatoms. The summed E-state index contributed by atoms with van der Waals surface area (Å²) in [6.07, 6.45) is 0. The lowest BCUT2D eigenvalue weighted by atomic mass is 10.1. The van der Waals surface area contributed by atoms with Crippen LogP contribution in [0.5, 0.6) is 5.75 Å². The van der Waals surface area contributed by atoms with Crippen LogP contribution in [0, 0.1) is 24.0 Å². The summed E-state index contributed by atoms with van der Waals surface area (Å²) in [6, 6.07) is 8.99. The molecular formula is C15H14F2N2O. The van der Waals surface area contributed by atoms with Gasteiger partial charge >= 0.3 is 0 Å². The minimum Gasteiger partial charge on any atom is -0.486 e. The highest BCUT2D eigenvalue weighted by Gasteiger charge is 2.09. The van der Waals surface area contributed by atoms with E-state index >= 15 is 0 Å². The number of rotatable bonds is 4. The molecule has 0 saturated carbocycles. The fourth-order valence-electron chi connectivity index (χ4n) is 1.78. The molecule has 0 aliphatic heterocycles. The van der Waals surface area contributed by atoms with Crippen LogP contribution in [0.3, 0.4) is 0 Å². The van der Waals surface area contributed by atoms with Crippen LogP contribution in [0.15, 0.2) is 36.4 Å². The molecule has 2 rings (SSSR count). The summed E-state index contributed by atoms with van der Waals surface area (Å²) >= 11 is 0. The molecule has 0 spiro atoms. The second-order valence-corrected chi connectivity index (χ2v) is 4.40. The lowest BCUT2D eigenvalue weighted by Gasteiger charge is -2.10. The first-order valence-corrected chi connectivity index (χ1v) is 6.00. The van der Waals surface area contributed by atoms with Crippen LogP contribution in [0.25, 0.3) is 0 Å². The Bertz CT molecular complexity index is 656. The fraction of sp³-hybridized carbons (Fsp3) is 0.133. The van der Waals surface area contributed by atoms with Crippen molar-refractivity contribution in [2.24, 2.45) is 5.73 Å². The second-order valence-electron chi connectivity index (χ2n) is 4.40. The second kappa shape index (κ2) is 5.69. The van der Waals surface area contributed by atoms with Crippen LogP contribution in [0.4, 0.5) is 8.78 Å². The SMILES string of the molecule is Cc1cc(C(=N)N)ccc1COc1cccc(F)c1F. The summed E-state index contributed by atoms with van der Waals surface area (Å²) in [5, 5.41) is 7.35. The predicted molar refractivity (Wildman–Crippen MR) is 72.9 cm³/mol. The molecule has 3 nitrogen and oxygen atoms in total. The smallest absolute Gasteiger partial charge is 0.200 e. The Labute approximate surface area is 115 Å². The highest BCUT2D eigenvalue weighted by molar-refractivity contribution is 5.95. The van der Waals surface area contributed by atoms with E-state index in [9.17, 15) is 8.78 Å². The van der Waals surface area contributed by atoms with Crippen molar-refractivity contribution < 1.29 is 13.5 Å². The monoisotopic (exact) mass is 276 g/mol. The van der Waals surface area contributed by atoms with E-state index in [2.05, 4.69) is 0 Å². The van der Waals surface area contributed by atoms with Crippen LogP contribution in [-0.2, 0) is 6.61 Å². The number of benzene rings is 2. The van der Waals surface area contributed by atoms with E-state index in [0.717, 1.165) is 17.2 Å². The number of amidine groups is 1. The molecule has 0 amide bonds. The molecule has 0 bridgehead atoms. The van der Waals surface area contributed by atoms with E-state index in [1.54, 1.807) is 18.2 Å². The lowest BCUT2D eigenvalue weighted by Crippen LogP contribution is -2.11. The van der Waals surface area contributed by atoms with Crippen molar-refractivity contribution in [3.63, 3.8) is 0 Å². The average Bonchev–Trinajstić information content (AvgIpc) is 2.41. The van der Waals surface area contributed by atoms with Crippen molar-refractivity contribution in [2.45, 2.75) is 13.5 Å². The quantitative estimate of drug-likeness (QED) is 0.665. The third kappa shape index (κ3) is 2.93. The van der Waals surface area contributed by atoms with Crippen LogP contribution < -0.4 is 10.5 Å². The maximum Gasteiger partial charge on any atom is 0.200 e. The highest BCUT2D eigenvalue weighted by Crippen LogP contribution is 2.21. The van der Waals surface area contributed by atoms with Gasteiger partial charge in [0.05, 0.1) is 0 Å². The molecule has 2 aromatic carbocycles. The molecule has 2 aromatic rings. The standard InChI is InChI=1S/C15H14F2N2O/c1-9-7-10(15(18)19)5-6-11(9)8-20-13-4-2-3-12(16)14(13)17/h2-7H,8H2,1H3,(H3,18,19). The zero-order valence-electron chi connectivity index (χ0n) is 10.9. The number of aryl methyl sites for hydroxylation is 1. The number of hydrogen-bond acceptors (Lipinski definition) is 2. The Morgan fingerprint density at radius 1 is 1.25 bits per heavy atom. The maximum atomic E-state index is 13.4. The van der Waals surface area contributed by atoms with E-state index in [1.807, 2.05) is 6.92 Å². The largest absolute Gasteiger partial charge is 0.486 e. The van der Waals surface area contributed by atoms with E-state index < -0.39 is 11.6 Å². The molecular weight excluding hydrogens is 262 g/mol. The van der Waals surface area contributed by atoms with Gasteiger partial charge in [-0.25, -0.2) is 4.39 Å². The summed E-state index contributed by atoms with van der Waals surface area (Å²) in [6.45, 7) is 1.96. The van der Waals surface area contributed by atoms with Crippen LogP contribution in [0.1, 0.15) is 16.7 Å². The highest BCUT2D eigenvalue weighted by atomic mass is 19.2. The molecule has 0 saturated heterocycles. The molecule has 0 aliphatic carbocycles. The number of halogens is 2. The summed E-state index contributed by atoms with van der Waals surface area (Å²) in [5.41, 5.74) is 7.70. The van der Waals surface area contributed by atoms with Gasteiger partial charge in [0.25, 0.3) is 0 Å². The minimum absolute atomic E-state index is 0.0169. The van der Waals surface area contributed by atoms with Crippen LogP contribution >= 0.6 is 0 Å². The Morgan fingerprint density at radius 2 is 2.00 bits per heavy atom. The molecule has 0 heterocycles. The van der Waals surface area contributed by atoms with Gasteiger partial charge in [-0.2, -0.15) is 4.39 Å². The summed E-state index contributed by atoms with van der Waals surface area (Å²) in [5.74, 6) is -2.08. The topological polar surface area (TPSA) is 59.1 Å². The van der Waals surface area contributed by atoms with Gasteiger partial charge < -0.3 is 10.5 Å². The van der Waals surface area contributed by atoms with Crippen molar-refractivity contribution in [3.05, 3.63) is 64.7 Å². The molecule has 0 unspecified atom stereocenters. The van der Waals surface area contributed by atoms with Crippen molar-refractivity contribution in [1.82, 2.24) is 0 Å². The third-order valence-corrected chi connectivity index (χ3v) is 2.95. The van der Waals surface area contributed by atoms with Crippen LogP contribution in [-0.4, -0.2) is 5.84 Å². The van der Waals surface area contributed by atoms with Gasteiger partial charge in [-0.1, -0.05) is 18.2 Å². The summed E-state index contributed by atoms with van der Waals surface area (Å²) in [7, 11) is 0. The number of nitrogens with one attached hydrogen (secondary N) is 1. The average molecular weight is 276 g/mol. The van der Waals surface area contributed by atoms with Gasteiger partial charge in [0.1, 0.15) is 12.4 Å². The zero-order valence-corrected chi connectivity index (χ0v) is 10.9. The van der Waals surface area contributed by atoms with Crippen molar-refractivity contribution in [1.29, 1.82) is 5.41 Å². The van der Waals surface area contributed by atoms with Gasteiger partial charge in [-0.15, -0.1) is 0 Å². The van der Waals surface area contributed by atoms with Gasteiger partial charge in [0.2, 0.25) is 5.82 Å². The number of hydrogen-bond donors (Lipinski definition) is 2. The Balaban J connectivity index is 2.15. The minimum atomic E-state index is -0.995. The number of nitrogens with two attached hydrogens (primary N) is 1. The van der Waals surface area contributed by atoms with Gasteiger partial charge in [-0.3, -0.25) is 5.41 Å². The fourth-order valence-corrected chi connectivity index (χ4v) is 1.78. The molecule has 104 valence electrons. The first-order chi connectivity index (χ1) is 9.49. The molecule has 0 radical (unpaired) electrons. The first kappa shape index (κ1) is 14.0. The van der Waals surface area contributed by atoms with E-state index in [1.165, 1.54) is 12.1 Å². The van der Waals surface area contributed by atoms with Gasteiger partial charge in [0, 0.05) is 5.56 Å². The van der Waals surface area contributed by atoms with Gasteiger partial charge in [0.15, 0.2) is 11.6 Å². The molecule has 3 N–H and O–H groups in total. The van der Waals surface area contributed by atoms with Crippen LogP contribution in [0.2, 0.25) is 0 Å². The molecule has 0 aliphatic rings. The third-order valence-electron chi connectivity index (χ3n) is 2.95. The molecule has 0 aromatic heterocycles. The summed E-state index contributed by atoms with van der Waals surface area (Å²) < 4.78 is 31.7. The van der Waals surface area contributed by atoms with Crippen molar-refractivity contribution >= 4 is 5.84 Å². The molecule has 0 fully saturated rings. The molecule has 0 atom stereocenters. The Morgan fingerprint density at radius 3 is 2.65 bits per heavy atom. The van der Waals surface area contributed by atoms with Gasteiger partial charge in [-0.05, 0) is 36.2 Å². The predicted octanol–water partition coefficient (Wildman–Crippen LogP) is 3.14. The van der Waals surface area contributed by atoms with Crippen molar-refractivity contribution in [2.75, 3.05) is 0 Å². The summed E-state index contributed by atoms with van der Waals surface area (Å²) in [4.78, 5) is 0. The Hall–Kier alpha value is -2.43. The Kier molecular flexibility index (Phi) is 3.98. The number of nitrogen functional groups attached to an aromatic ring is 1. The van der Waals surface area contributed by atoms with E-state index in [4.69, 9.17) is 15.9 Å². The first-order valence-electron chi connectivity index (χ1n) is 6.00.